The van der Waals surface area contributed by atoms with Gasteiger partial charge >= 0.3 is 0 Å². The lowest BCUT2D eigenvalue weighted by Gasteiger charge is -2.15. The van der Waals surface area contributed by atoms with E-state index in [1.54, 1.807) is 7.11 Å². The van der Waals surface area contributed by atoms with Crippen molar-refractivity contribution in [1.82, 2.24) is 0 Å². The summed E-state index contributed by atoms with van der Waals surface area (Å²) in [4.78, 5) is 0. The van der Waals surface area contributed by atoms with Gasteiger partial charge in [0.15, 0.2) is 11.5 Å². The summed E-state index contributed by atoms with van der Waals surface area (Å²) in [5, 5.41) is 0. The summed E-state index contributed by atoms with van der Waals surface area (Å²) < 4.78 is 11.0. The van der Waals surface area contributed by atoms with E-state index in [1.165, 1.54) is 5.56 Å². The summed E-state index contributed by atoms with van der Waals surface area (Å²) in [5.74, 6) is 1.64. The molecule has 0 radical (unpaired) electrons. The molecule has 0 fully saturated rings. The molecule has 0 bridgehead atoms. The summed E-state index contributed by atoms with van der Waals surface area (Å²) in [5.41, 5.74) is 1.18. The molecule has 0 spiro atoms. The van der Waals surface area contributed by atoms with Gasteiger partial charge in [0.2, 0.25) is 0 Å². The van der Waals surface area contributed by atoms with E-state index in [4.69, 9.17) is 9.47 Å². The first-order valence-electron chi connectivity index (χ1n) is 4.98. The Morgan fingerprint density at radius 3 is 2.57 bits per heavy atom. The predicted octanol–water partition coefficient (Wildman–Crippen LogP) is 3.18. The first-order valence-corrected chi connectivity index (χ1v) is 4.98. The van der Waals surface area contributed by atoms with Gasteiger partial charge in [-0.1, -0.05) is 13.0 Å². The van der Waals surface area contributed by atoms with Gasteiger partial charge in [0, 0.05) is 0 Å². The molecule has 0 amide bonds. The van der Waals surface area contributed by atoms with Gasteiger partial charge in [-0.15, -0.1) is 0 Å². The van der Waals surface area contributed by atoms with Crippen LogP contribution in [0.15, 0.2) is 18.2 Å². The van der Waals surface area contributed by atoms with Gasteiger partial charge in [-0.05, 0) is 38.0 Å². The summed E-state index contributed by atoms with van der Waals surface area (Å²) in [6.07, 6.45) is 1.23. The molecular formula is C12H18O2. The maximum atomic E-state index is 5.72. The quantitative estimate of drug-likeness (QED) is 0.733. The SMILES string of the molecule is CCC(C)Oc1ccc(C)cc1OC. The maximum absolute atomic E-state index is 5.72. The highest BCUT2D eigenvalue weighted by Gasteiger charge is 2.07. The monoisotopic (exact) mass is 194 g/mol. The lowest BCUT2D eigenvalue weighted by atomic mass is 10.2. The van der Waals surface area contributed by atoms with Gasteiger partial charge < -0.3 is 9.47 Å². The average Bonchev–Trinajstić information content (AvgIpc) is 2.20. The van der Waals surface area contributed by atoms with Gasteiger partial charge in [0.05, 0.1) is 13.2 Å². The number of methoxy groups -OCH3 is 1. The Bertz CT molecular complexity index is 294. The van der Waals surface area contributed by atoms with Gasteiger partial charge in [0.1, 0.15) is 0 Å². The predicted molar refractivity (Wildman–Crippen MR) is 58.1 cm³/mol. The maximum Gasteiger partial charge on any atom is 0.161 e. The molecule has 1 aromatic rings. The lowest BCUT2D eigenvalue weighted by molar-refractivity contribution is 0.207. The second kappa shape index (κ2) is 4.89. The third kappa shape index (κ3) is 2.66. The molecule has 0 aliphatic carbocycles. The average molecular weight is 194 g/mol. The van der Waals surface area contributed by atoms with E-state index in [0.29, 0.717) is 0 Å². The largest absolute Gasteiger partial charge is 0.493 e. The molecule has 0 aliphatic rings. The number of ether oxygens (including phenoxy) is 2. The van der Waals surface area contributed by atoms with Crippen LogP contribution >= 0.6 is 0 Å². The van der Waals surface area contributed by atoms with Crippen LogP contribution in [0.1, 0.15) is 25.8 Å². The Morgan fingerprint density at radius 1 is 1.29 bits per heavy atom. The minimum Gasteiger partial charge on any atom is -0.493 e. The number of aryl methyl sites for hydroxylation is 1. The minimum atomic E-state index is 0.228. The van der Waals surface area contributed by atoms with E-state index in [9.17, 15) is 0 Å². The van der Waals surface area contributed by atoms with Crippen molar-refractivity contribution in [3.05, 3.63) is 23.8 Å². The van der Waals surface area contributed by atoms with Crippen molar-refractivity contribution >= 4 is 0 Å². The molecule has 1 unspecified atom stereocenters. The van der Waals surface area contributed by atoms with E-state index in [1.807, 2.05) is 25.1 Å². The molecule has 14 heavy (non-hydrogen) atoms. The van der Waals surface area contributed by atoms with Gasteiger partial charge in [-0.3, -0.25) is 0 Å². The summed E-state index contributed by atoms with van der Waals surface area (Å²) in [6.45, 7) is 6.19. The second-order valence-electron chi connectivity index (χ2n) is 3.49. The zero-order chi connectivity index (χ0) is 10.6. The van der Waals surface area contributed by atoms with E-state index in [-0.39, 0.29) is 6.10 Å². The van der Waals surface area contributed by atoms with Crippen LogP contribution in [0.5, 0.6) is 11.5 Å². The third-order valence-electron chi connectivity index (χ3n) is 2.22. The van der Waals surface area contributed by atoms with Crippen LogP contribution in [0.4, 0.5) is 0 Å². The van der Waals surface area contributed by atoms with E-state index >= 15 is 0 Å². The summed E-state index contributed by atoms with van der Waals surface area (Å²) in [6, 6.07) is 5.97. The fourth-order valence-corrected chi connectivity index (χ4v) is 1.17. The van der Waals surface area contributed by atoms with E-state index in [2.05, 4.69) is 13.8 Å². The number of hydrogen-bond acceptors (Lipinski definition) is 2. The highest BCUT2D eigenvalue weighted by molar-refractivity contribution is 5.42. The molecule has 1 rings (SSSR count). The van der Waals surface area contributed by atoms with Crippen molar-refractivity contribution in [3.63, 3.8) is 0 Å². The molecule has 78 valence electrons. The highest BCUT2D eigenvalue weighted by atomic mass is 16.5. The molecule has 2 nitrogen and oxygen atoms in total. The van der Waals surface area contributed by atoms with Gasteiger partial charge in [0.25, 0.3) is 0 Å². The van der Waals surface area contributed by atoms with Crippen LogP contribution in [0.3, 0.4) is 0 Å². The standard InChI is InChI=1S/C12H18O2/c1-5-10(3)14-11-7-6-9(2)8-12(11)13-4/h6-8,10H,5H2,1-4H3. The third-order valence-corrected chi connectivity index (χ3v) is 2.22. The minimum absolute atomic E-state index is 0.228. The Hall–Kier alpha value is -1.18. The number of hydrogen-bond donors (Lipinski definition) is 0. The molecule has 0 saturated heterocycles. The highest BCUT2D eigenvalue weighted by Crippen LogP contribution is 2.28. The molecule has 0 N–H and O–H groups in total. The fourth-order valence-electron chi connectivity index (χ4n) is 1.17. The molecule has 2 heteroatoms. The van der Waals surface area contributed by atoms with Crippen molar-refractivity contribution in [1.29, 1.82) is 0 Å². The van der Waals surface area contributed by atoms with Gasteiger partial charge in [-0.2, -0.15) is 0 Å². The van der Waals surface area contributed by atoms with Crippen LogP contribution in [0.25, 0.3) is 0 Å². The van der Waals surface area contributed by atoms with E-state index < -0.39 is 0 Å². The van der Waals surface area contributed by atoms with Crippen LogP contribution in [0.2, 0.25) is 0 Å². The van der Waals surface area contributed by atoms with E-state index in [0.717, 1.165) is 17.9 Å². The first-order chi connectivity index (χ1) is 6.67. The molecule has 0 heterocycles. The molecule has 0 aromatic heterocycles. The van der Waals surface area contributed by atoms with Crippen molar-refractivity contribution in [2.24, 2.45) is 0 Å². The topological polar surface area (TPSA) is 18.5 Å². The Balaban J connectivity index is 2.85. The molecule has 1 atom stereocenters. The van der Waals surface area contributed by atoms with Crippen molar-refractivity contribution < 1.29 is 9.47 Å². The Labute approximate surface area is 85.8 Å². The fraction of sp³-hybridized carbons (Fsp3) is 0.500. The zero-order valence-corrected chi connectivity index (χ0v) is 9.33. The van der Waals surface area contributed by atoms with Crippen LogP contribution < -0.4 is 9.47 Å². The van der Waals surface area contributed by atoms with Crippen molar-refractivity contribution in [2.45, 2.75) is 33.3 Å². The number of rotatable bonds is 4. The summed E-state index contributed by atoms with van der Waals surface area (Å²) in [7, 11) is 1.66. The van der Waals surface area contributed by atoms with Gasteiger partial charge in [-0.25, -0.2) is 0 Å². The zero-order valence-electron chi connectivity index (χ0n) is 9.33. The normalized spacial score (nSPS) is 12.3. The first kappa shape index (κ1) is 10.9. The second-order valence-corrected chi connectivity index (χ2v) is 3.49. The smallest absolute Gasteiger partial charge is 0.161 e. The molecule has 1 aromatic carbocycles. The summed E-state index contributed by atoms with van der Waals surface area (Å²) >= 11 is 0. The van der Waals surface area contributed by atoms with Crippen molar-refractivity contribution in [3.8, 4) is 11.5 Å². The molecule has 0 saturated carbocycles. The van der Waals surface area contributed by atoms with Crippen LogP contribution in [0, 0.1) is 6.92 Å². The Kier molecular flexibility index (Phi) is 3.81. The molecular weight excluding hydrogens is 176 g/mol. The molecule has 0 aliphatic heterocycles. The lowest BCUT2D eigenvalue weighted by Crippen LogP contribution is -2.10. The Morgan fingerprint density at radius 2 is 2.00 bits per heavy atom. The van der Waals surface area contributed by atoms with Crippen LogP contribution in [-0.4, -0.2) is 13.2 Å². The number of benzene rings is 1. The van der Waals surface area contributed by atoms with Crippen molar-refractivity contribution in [2.75, 3.05) is 7.11 Å². The van der Waals surface area contributed by atoms with Crippen LogP contribution in [-0.2, 0) is 0 Å².